The van der Waals surface area contributed by atoms with Gasteiger partial charge in [0, 0.05) is 12.8 Å². The van der Waals surface area contributed by atoms with Crippen molar-refractivity contribution in [2.24, 2.45) is 0 Å². The first-order chi connectivity index (χ1) is 5.25. The van der Waals surface area contributed by atoms with Crippen LogP contribution in [0.4, 0.5) is 0 Å². The van der Waals surface area contributed by atoms with E-state index >= 15 is 0 Å². The minimum absolute atomic E-state index is 0.126. The lowest BCUT2D eigenvalue weighted by atomic mass is 10.4. The predicted molar refractivity (Wildman–Crippen MR) is 35.8 cm³/mol. The van der Waals surface area contributed by atoms with Crippen molar-refractivity contribution in [3.63, 3.8) is 0 Å². The minimum Gasteiger partial charge on any atom is -0.299 e. The number of imide groups is 1. The molecule has 1 aliphatic heterocycles. The van der Waals surface area contributed by atoms with Crippen LogP contribution in [0.1, 0.15) is 12.8 Å². The maximum absolute atomic E-state index is 10.9. The minimum atomic E-state index is -0.187. The summed E-state index contributed by atoms with van der Waals surface area (Å²) in [6.07, 6.45) is 2.40. The third kappa shape index (κ3) is 1.58. The summed E-state index contributed by atoms with van der Waals surface area (Å²) in [5, 5.41) is 9.87. The fraction of sp³-hybridized carbons (Fsp3) is 0.429. The zero-order chi connectivity index (χ0) is 8.27. The van der Waals surface area contributed by atoms with Gasteiger partial charge in [-0.05, 0) is 6.08 Å². The smallest absolute Gasteiger partial charge is 0.229 e. The molecule has 1 rings (SSSR count). The Balaban J connectivity index is 2.54. The third-order valence-electron chi connectivity index (χ3n) is 1.54. The molecule has 4 nitrogen and oxygen atoms in total. The van der Waals surface area contributed by atoms with E-state index in [-0.39, 0.29) is 31.2 Å². The molecule has 0 atom stereocenters. The number of hydrogen-bond acceptors (Lipinski definition) is 2. The van der Waals surface area contributed by atoms with Crippen molar-refractivity contribution in [2.75, 3.05) is 6.54 Å². The van der Waals surface area contributed by atoms with Crippen molar-refractivity contribution < 1.29 is 14.7 Å². The van der Waals surface area contributed by atoms with E-state index in [0.717, 1.165) is 4.90 Å². The Labute approximate surface area is 64.1 Å². The number of rotatable bonds is 2. The van der Waals surface area contributed by atoms with Gasteiger partial charge >= 0.3 is 0 Å². The molecule has 0 aromatic rings. The fourth-order valence-corrected chi connectivity index (χ4v) is 0.975. The van der Waals surface area contributed by atoms with Gasteiger partial charge in [-0.25, -0.2) is 0 Å². The summed E-state index contributed by atoms with van der Waals surface area (Å²) in [5.74, 6) is -0.374. The molecule has 0 aromatic heterocycles. The molecule has 1 saturated heterocycles. The van der Waals surface area contributed by atoms with Crippen molar-refractivity contribution in [1.29, 1.82) is 0 Å². The van der Waals surface area contributed by atoms with Gasteiger partial charge in [0.15, 0.2) is 0 Å². The largest absolute Gasteiger partial charge is 0.299 e. The van der Waals surface area contributed by atoms with Crippen LogP contribution in [0.5, 0.6) is 0 Å². The zero-order valence-electron chi connectivity index (χ0n) is 5.95. The summed E-state index contributed by atoms with van der Waals surface area (Å²) in [4.78, 5) is 22.8. The first-order valence-corrected chi connectivity index (χ1v) is 3.36. The maximum atomic E-state index is 10.9. The molecular formula is C7H8NO3. The van der Waals surface area contributed by atoms with E-state index < -0.39 is 0 Å². The van der Waals surface area contributed by atoms with Gasteiger partial charge in [-0.15, -0.1) is 0 Å². The molecule has 1 aliphatic rings. The Hall–Kier alpha value is -1.32. The SMILES string of the molecule is [O]C=CCN1C(=O)CCC1=O. The average Bonchev–Trinajstić information content (AvgIpc) is 2.29. The summed E-state index contributed by atoms with van der Waals surface area (Å²) in [6.45, 7) is 0.126. The number of likely N-dealkylation sites (tertiary alicyclic amines) is 1. The van der Waals surface area contributed by atoms with E-state index in [2.05, 4.69) is 0 Å². The Bertz CT molecular complexity index is 194. The summed E-state index contributed by atoms with van der Waals surface area (Å²) < 4.78 is 0. The number of nitrogens with zero attached hydrogens (tertiary/aromatic N) is 1. The Morgan fingerprint density at radius 1 is 1.27 bits per heavy atom. The summed E-state index contributed by atoms with van der Waals surface area (Å²) in [7, 11) is 0. The van der Waals surface area contributed by atoms with Crippen LogP contribution in [0, 0.1) is 0 Å². The molecule has 1 fully saturated rings. The maximum Gasteiger partial charge on any atom is 0.229 e. The molecule has 0 aromatic carbocycles. The molecule has 1 radical (unpaired) electrons. The molecule has 0 bridgehead atoms. The first kappa shape index (κ1) is 7.78. The van der Waals surface area contributed by atoms with Crippen LogP contribution in [-0.2, 0) is 14.7 Å². The predicted octanol–water partition coefficient (Wildman–Crippen LogP) is 0.0796. The van der Waals surface area contributed by atoms with Crippen molar-refractivity contribution in [3.05, 3.63) is 12.3 Å². The van der Waals surface area contributed by atoms with Gasteiger partial charge in [0.25, 0.3) is 0 Å². The van der Waals surface area contributed by atoms with Crippen molar-refractivity contribution in [1.82, 2.24) is 4.90 Å². The van der Waals surface area contributed by atoms with Gasteiger partial charge < -0.3 is 0 Å². The van der Waals surface area contributed by atoms with Crippen molar-refractivity contribution in [2.45, 2.75) is 12.8 Å². The van der Waals surface area contributed by atoms with Gasteiger partial charge in [-0.3, -0.25) is 19.6 Å². The molecule has 0 aliphatic carbocycles. The second-order valence-corrected chi connectivity index (χ2v) is 2.27. The van der Waals surface area contributed by atoms with Crippen LogP contribution in [0.15, 0.2) is 12.3 Å². The number of carbonyl (C=O) groups is 2. The first-order valence-electron chi connectivity index (χ1n) is 3.36. The lowest BCUT2D eigenvalue weighted by Gasteiger charge is -2.08. The van der Waals surface area contributed by atoms with E-state index in [1.807, 2.05) is 0 Å². The van der Waals surface area contributed by atoms with Crippen LogP contribution in [-0.4, -0.2) is 23.3 Å². The molecule has 0 saturated carbocycles. The summed E-state index contributed by atoms with van der Waals surface area (Å²) in [5.41, 5.74) is 0. The highest BCUT2D eigenvalue weighted by atomic mass is 16.2. The van der Waals surface area contributed by atoms with E-state index in [1.54, 1.807) is 0 Å². The second-order valence-electron chi connectivity index (χ2n) is 2.27. The van der Waals surface area contributed by atoms with E-state index in [9.17, 15) is 14.7 Å². The van der Waals surface area contributed by atoms with Crippen LogP contribution in [0.25, 0.3) is 0 Å². The van der Waals surface area contributed by atoms with E-state index in [1.165, 1.54) is 6.08 Å². The molecular weight excluding hydrogens is 146 g/mol. The third-order valence-corrected chi connectivity index (χ3v) is 1.54. The van der Waals surface area contributed by atoms with Gasteiger partial charge in [-0.2, -0.15) is 0 Å². The van der Waals surface area contributed by atoms with Crippen molar-refractivity contribution in [3.8, 4) is 0 Å². The molecule has 0 unspecified atom stereocenters. The second kappa shape index (κ2) is 3.18. The number of hydrogen-bond donors (Lipinski definition) is 0. The van der Waals surface area contributed by atoms with Crippen LogP contribution < -0.4 is 0 Å². The van der Waals surface area contributed by atoms with E-state index in [0.29, 0.717) is 6.26 Å². The molecule has 4 heteroatoms. The summed E-state index contributed by atoms with van der Waals surface area (Å²) >= 11 is 0. The van der Waals surface area contributed by atoms with Crippen LogP contribution in [0.3, 0.4) is 0 Å². The average molecular weight is 154 g/mol. The monoisotopic (exact) mass is 154 g/mol. The Morgan fingerprint density at radius 2 is 1.82 bits per heavy atom. The molecule has 0 N–H and O–H groups in total. The quantitative estimate of drug-likeness (QED) is 0.417. The van der Waals surface area contributed by atoms with Gasteiger partial charge in [0.05, 0.1) is 6.54 Å². The van der Waals surface area contributed by atoms with Crippen LogP contribution >= 0.6 is 0 Å². The van der Waals surface area contributed by atoms with Gasteiger partial charge in [0.1, 0.15) is 6.26 Å². The number of amides is 2. The molecule has 2 amide bonds. The Kier molecular flexibility index (Phi) is 2.25. The zero-order valence-corrected chi connectivity index (χ0v) is 5.95. The molecule has 59 valence electrons. The normalized spacial score (nSPS) is 18.7. The highest BCUT2D eigenvalue weighted by molar-refractivity contribution is 6.02. The summed E-state index contributed by atoms with van der Waals surface area (Å²) in [6, 6.07) is 0. The highest BCUT2D eigenvalue weighted by Gasteiger charge is 2.27. The lowest BCUT2D eigenvalue weighted by molar-refractivity contribution is -0.137. The standard InChI is InChI=1S/C7H8NO3/c9-5-1-4-8-6(10)2-3-7(8)11/h1,5H,2-4H2. The van der Waals surface area contributed by atoms with E-state index in [4.69, 9.17) is 0 Å². The van der Waals surface area contributed by atoms with Crippen LogP contribution in [0.2, 0.25) is 0 Å². The van der Waals surface area contributed by atoms with Gasteiger partial charge in [-0.1, -0.05) is 0 Å². The molecule has 0 spiro atoms. The molecule has 11 heavy (non-hydrogen) atoms. The lowest BCUT2D eigenvalue weighted by Crippen LogP contribution is -2.28. The number of carbonyl (C=O) groups excluding carboxylic acids is 2. The van der Waals surface area contributed by atoms with Crippen molar-refractivity contribution >= 4 is 11.8 Å². The fourth-order valence-electron chi connectivity index (χ4n) is 0.975. The Morgan fingerprint density at radius 3 is 2.27 bits per heavy atom. The topological polar surface area (TPSA) is 57.3 Å². The highest BCUT2D eigenvalue weighted by Crippen LogP contribution is 2.10. The molecule has 1 heterocycles. The van der Waals surface area contributed by atoms with Gasteiger partial charge in [0.2, 0.25) is 11.8 Å².